The van der Waals surface area contributed by atoms with Crippen LogP contribution in [0.25, 0.3) is 0 Å². The molecule has 0 spiro atoms. The molecular formula is C17H22N4O. The van der Waals surface area contributed by atoms with E-state index in [9.17, 15) is 4.79 Å². The van der Waals surface area contributed by atoms with Gasteiger partial charge >= 0.3 is 0 Å². The summed E-state index contributed by atoms with van der Waals surface area (Å²) in [6.45, 7) is 6.80. The minimum Gasteiger partial charge on any atom is -0.351 e. The summed E-state index contributed by atoms with van der Waals surface area (Å²) in [5, 5.41) is 6.06. The van der Waals surface area contributed by atoms with Crippen LogP contribution in [0.4, 0.5) is 11.6 Å². The molecule has 0 saturated heterocycles. The van der Waals surface area contributed by atoms with Crippen molar-refractivity contribution in [1.82, 2.24) is 15.3 Å². The van der Waals surface area contributed by atoms with Crippen LogP contribution < -0.4 is 10.6 Å². The van der Waals surface area contributed by atoms with Crippen molar-refractivity contribution in [3.63, 3.8) is 0 Å². The number of hydrogen-bond donors (Lipinski definition) is 2. The highest BCUT2D eigenvalue weighted by Crippen LogP contribution is 2.23. The molecular weight excluding hydrogens is 276 g/mol. The Morgan fingerprint density at radius 2 is 2.05 bits per heavy atom. The van der Waals surface area contributed by atoms with E-state index in [1.807, 2.05) is 26.0 Å². The first kappa shape index (κ1) is 15.9. The summed E-state index contributed by atoms with van der Waals surface area (Å²) in [5.74, 6) is 0.265. The highest BCUT2D eigenvalue weighted by molar-refractivity contribution is 5.92. The number of carbonyl (C=O) groups is 1. The number of para-hydroxylation sites is 1. The normalized spacial score (nSPS) is 10.3. The average Bonchev–Trinajstić information content (AvgIpc) is 2.54. The van der Waals surface area contributed by atoms with Crippen molar-refractivity contribution >= 4 is 17.5 Å². The maximum Gasteiger partial charge on any atom is 0.270 e. The van der Waals surface area contributed by atoms with Gasteiger partial charge in [-0.15, -0.1) is 0 Å². The summed E-state index contributed by atoms with van der Waals surface area (Å²) in [7, 11) is 0. The second kappa shape index (κ2) is 7.54. The molecule has 0 aliphatic heterocycles. The van der Waals surface area contributed by atoms with Gasteiger partial charge < -0.3 is 10.6 Å². The Kier molecular flexibility index (Phi) is 5.47. The number of anilines is 2. The molecule has 0 aliphatic rings. The summed E-state index contributed by atoms with van der Waals surface area (Å²) >= 11 is 0. The molecule has 22 heavy (non-hydrogen) atoms. The second-order valence-corrected chi connectivity index (χ2v) is 5.11. The van der Waals surface area contributed by atoms with E-state index < -0.39 is 0 Å². The minimum absolute atomic E-state index is 0.173. The Morgan fingerprint density at radius 3 is 2.77 bits per heavy atom. The molecule has 0 bridgehead atoms. The third kappa shape index (κ3) is 3.81. The predicted molar refractivity (Wildman–Crippen MR) is 88.5 cm³/mol. The predicted octanol–water partition coefficient (Wildman–Crippen LogP) is 3.23. The zero-order chi connectivity index (χ0) is 15.9. The van der Waals surface area contributed by atoms with Crippen LogP contribution in [0.1, 0.15) is 41.9 Å². The van der Waals surface area contributed by atoms with Crippen molar-refractivity contribution < 1.29 is 4.79 Å². The first-order valence-corrected chi connectivity index (χ1v) is 7.62. The van der Waals surface area contributed by atoms with E-state index in [1.165, 1.54) is 5.56 Å². The van der Waals surface area contributed by atoms with Crippen LogP contribution in [-0.2, 0) is 6.42 Å². The molecule has 0 unspecified atom stereocenters. The Bertz CT molecular complexity index is 655. The van der Waals surface area contributed by atoms with E-state index in [-0.39, 0.29) is 5.91 Å². The number of aryl methyl sites for hydroxylation is 2. The molecule has 2 N–H and O–H groups in total. The van der Waals surface area contributed by atoms with Gasteiger partial charge in [-0.25, -0.2) is 9.97 Å². The van der Waals surface area contributed by atoms with Crippen molar-refractivity contribution in [2.75, 3.05) is 11.9 Å². The van der Waals surface area contributed by atoms with E-state index in [0.29, 0.717) is 18.2 Å². The number of aromatic nitrogens is 2. The van der Waals surface area contributed by atoms with Crippen molar-refractivity contribution in [3.8, 4) is 0 Å². The number of hydrogen-bond acceptors (Lipinski definition) is 4. The molecule has 5 heteroatoms. The number of nitrogens with one attached hydrogen (secondary N) is 2. The Labute approximate surface area is 131 Å². The maximum absolute atomic E-state index is 12.0. The molecule has 2 aromatic rings. The van der Waals surface area contributed by atoms with Gasteiger partial charge in [-0.1, -0.05) is 32.0 Å². The number of rotatable bonds is 6. The summed E-state index contributed by atoms with van der Waals surface area (Å²) in [6.07, 6.45) is 3.41. The first-order chi connectivity index (χ1) is 10.7. The van der Waals surface area contributed by atoms with Crippen molar-refractivity contribution in [3.05, 3.63) is 47.3 Å². The Balaban J connectivity index is 2.22. The number of benzene rings is 1. The monoisotopic (exact) mass is 298 g/mol. The van der Waals surface area contributed by atoms with Crippen molar-refractivity contribution in [2.45, 2.75) is 33.6 Å². The zero-order valence-electron chi connectivity index (χ0n) is 13.3. The molecule has 1 aromatic heterocycles. The molecule has 5 nitrogen and oxygen atoms in total. The fourth-order valence-electron chi connectivity index (χ4n) is 2.19. The molecule has 0 fully saturated rings. The van der Waals surface area contributed by atoms with Crippen LogP contribution in [0, 0.1) is 6.92 Å². The third-order valence-corrected chi connectivity index (χ3v) is 3.40. The van der Waals surface area contributed by atoms with Crippen LogP contribution in [0.3, 0.4) is 0 Å². The summed E-state index contributed by atoms with van der Waals surface area (Å²) in [4.78, 5) is 20.5. The molecule has 2 rings (SSSR count). The lowest BCUT2D eigenvalue weighted by Gasteiger charge is -2.13. The minimum atomic E-state index is -0.173. The molecule has 116 valence electrons. The lowest BCUT2D eigenvalue weighted by Crippen LogP contribution is -2.25. The molecule has 0 atom stereocenters. The molecule has 0 aliphatic carbocycles. The molecule has 1 aromatic carbocycles. The lowest BCUT2D eigenvalue weighted by atomic mass is 10.1. The van der Waals surface area contributed by atoms with Gasteiger partial charge in [0.15, 0.2) is 0 Å². The summed E-state index contributed by atoms with van der Waals surface area (Å²) in [6, 6.07) is 7.77. The molecule has 1 amide bonds. The van der Waals surface area contributed by atoms with Crippen LogP contribution in [-0.4, -0.2) is 22.4 Å². The average molecular weight is 298 g/mol. The number of amides is 1. The van der Waals surface area contributed by atoms with Crippen molar-refractivity contribution in [2.24, 2.45) is 0 Å². The summed E-state index contributed by atoms with van der Waals surface area (Å²) < 4.78 is 0. The van der Waals surface area contributed by atoms with Crippen LogP contribution in [0.15, 0.2) is 30.5 Å². The fraction of sp³-hybridized carbons (Fsp3) is 0.353. The fourth-order valence-corrected chi connectivity index (χ4v) is 2.19. The molecule has 1 heterocycles. The van der Waals surface area contributed by atoms with Crippen LogP contribution >= 0.6 is 0 Å². The van der Waals surface area contributed by atoms with E-state index in [2.05, 4.69) is 33.6 Å². The van der Waals surface area contributed by atoms with Gasteiger partial charge in [-0.3, -0.25) is 4.79 Å². The standard InChI is InChI=1S/C17H22N4O/c1-4-10-18-16(22)14-9-11-19-17(20-14)21-15-12(3)7-6-8-13(15)5-2/h6-9,11H,4-5,10H2,1-3H3,(H,18,22)(H,19,20,21). The zero-order valence-corrected chi connectivity index (χ0v) is 13.3. The van der Waals surface area contributed by atoms with E-state index >= 15 is 0 Å². The Morgan fingerprint density at radius 1 is 1.23 bits per heavy atom. The highest BCUT2D eigenvalue weighted by atomic mass is 16.1. The molecule has 0 radical (unpaired) electrons. The van der Waals surface area contributed by atoms with E-state index in [0.717, 1.165) is 24.1 Å². The van der Waals surface area contributed by atoms with Gasteiger partial charge in [-0.2, -0.15) is 0 Å². The number of nitrogens with zero attached hydrogens (tertiary/aromatic N) is 2. The van der Waals surface area contributed by atoms with Gasteiger partial charge in [0, 0.05) is 18.4 Å². The maximum atomic E-state index is 12.0. The van der Waals surface area contributed by atoms with Gasteiger partial charge in [0.25, 0.3) is 5.91 Å². The largest absolute Gasteiger partial charge is 0.351 e. The smallest absolute Gasteiger partial charge is 0.270 e. The first-order valence-electron chi connectivity index (χ1n) is 7.62. The summed E-state index contributed by atoms with van der Waals surface area (Å²) in [5.41, 5.74) is 3.71. The van der Waals surface area contributed by atoms with E-state index in [4.69, 9.17) is 0 Å². The third-order valence-electron chi connectivity index (χ3n) is 3.40. The SMILES string of the molecule is CCCNC(=O)c1ccnc(Nc2c(C)cccc2CC)n1. The Hall–Kier alpha value is -2.43. The van der Waals surface area contributed by atoms with Crippen molar-refractivity contribution in [1.29, 1.82) is 0 Å². The van der Waals surface area contributed by atoms with Crippen LogP contribution in [0.2, 0.25) is 0 Å². The number of carbonyl (C=O) groups excluding carboxylic acids is 1. The lowest BCUT2D eigenvalue weighted by molar-refractivity contribution is 0.0948. The second-order valence-electron chi connectivity index (χ2n) is 5.11. The van der Waals surface area contributed by atoms with E-state index in [1.54, 1.807) is 12.3 Å². The van der Waals surface area contributed by atoms with Gasteiger partial charge in [0.2, 0.25) is 5.95 Å². The van der Waals surface area contributed by atoms with Crippen LogP contribution in [0.5, 0.6) is 0 Å². The van der Waals surface area contributed by atoms with Gasteiger partial charge in [0.05, 0.1) is 0 Å². The highest BCUT2D eigenvalue weighted by Gasteiger charge is 2.10. The quantitative estimate of drug-likeness (QED) is 0.859. The molecule has 0 saturated carbocycles. The topological polar surface area (TPSA) is 66.9 Å². The van der Waals surface area contributed by atoms with Gasteiger partial charge in [0.1, 0.15) is 5.69 Å². The van der Waals surface area contributed by atoms with Gasteiger partial charge in [-0.05, 0) is 37.0 Å².